The number of nitrogens with zero attached hydrogens (tertiary/aromatic N) is 2. The fraction of sp³-hybridized carbons (Fsp3) is 0.625. The van der Waals surface area contributed by atoms with Crippen molar-refractivity contribution in [3.63, 3.8) is 0 Å². The van der Waals surface area contributed by atoms with E-state index in [1.165, 1.54) is 4.90 Å². The van der Waals surface area contributed by atoms with Crippen molar-refractivity contribution < 1.29 is 19.2 Å². The minimum absolute atomic E-state index is 0.0121. The quantitative estimate of drug-likeness (QED) is 0.677. The highest BCUT2D eigenvalue weighted by Crippen LogP contribution is 2.16. The smallest absolute Gasteiger partial charge is 0.265 e. The molecule has 0 spiro atoms. The maximum atomic E-state index is 11.2. The van der Waals surface area contributed by atoms with E-state index in [1.807, 2.05) is 6.92 Å². The average molecular weight is 338 g/mol. The van der Waals surface area contributed by atoms with E-state index in [0.717, 1.165) is 12.8 Å². The standard InChI is InChI=1S/C8H14N2O2.C8H12N2O2/c2*1-2-6(8(9)12)10-5-3-4-7(10)11/h6H,2-5H2,1H3,(H2,9,12);2H,3-5H2,1H3,(H2,9,12). The van der Waals surface area contributed by atoms with Crippen LogP contribution >= 0.6 is 0 Å². The van der Waals surface area contributed by atoms with Crippen LogP contribution in [0.2, 0.25) is 0 Å². The predicted molar refractivity (Wildman–Crippen MR) is 88.1 cm³/mol. The Balaban J connectivity index is 0.000000240. The molecule has 1 unspecified atom stereocenters. The summed E-state index contributed by atoms with van der Waals surface area (Å²) in [6.45, 7) is 4.86. The SMILES string of the molecule is CC=C(C(N)=O)N1CCCC1=O.CCC(C(N)=O)N1CCCC1=O. The predicted octanol–water partition coefficient (Wildman–Crippen LogP) is -0.129. The molecule has 2 rings (SSSR count). The van der Waals surface area contributed by atoms with Crippen LogP contribution in [-0.4, -0.2) is 52.6 Å². The highest BCUT2D eigenvalue weighted by atomic mass is 16.2. The van der Waals surface area contributed by atoms with E-state index in [1.54, 1.807) is 17.9 Å². The van der Waals surface area contributed by atoms with Crippen molar-refractivity contribution in [2.24, 2.45) is 11.5 Å². The summed E-state index contributed by atoms with van der Waals surface area (Å²) in [6.07, 6.45) is 4.92. The van der Waals surface area contributed by atoms with Crippen LogP contribution < -0.4 is 11.5 Å². The van der Waals surface area contributed by atoms with Crippen LogP contribution in [0.25, 0.3) is 0 Å². The molecule has 2 aliphatic heterocycles. The minimum atomic E-state index is -0.534. The zero-order chi connectivity index (χ0) is 18.3. The molecule has 0 radical (unpaired) electrons. The fourth-order valence-electron chi connectivity index (χ4n) is 2.91. The molecule has 2 heterocycles. The Kier molecular flexibility index (Phi) is 7.41. The number of nitrogens with two attached hydrogens (primary N) is 2. The van der Waals surface area contributed by atoms with Crippen LogP contribution in [0.3, 0.4) is 0 Å². The van der Waals surface area contributed by atoms with Gasteiger partial charge in [-0.15, -0.1) is 0 Å². The second-order valence-electron chi connectivity index (χ2n) is 5.70. The Hall–Kier alpha value is -2.38. The van der Waals surface area contributed by atoms with Gasteiger partial charge in [-0.2, -0.15) is 0 Å². The maximum absolute atomic E-state index is 11.2. The Bertz CT molecular complexity index is 544. The minimum Gasteiger partial charge on any atom is -0.368 e. The first-order valence-electron chi connectivity index (χ1n) is 8.18. The lowest BCUT2D eigenvalue weighted by molar-refractivity contribution is -0.136. The first kappa shape index (κ1) is 19.7. The molecule has 0 aromatic carbocycles. The average Bonchev–Trinajstić information content (AvgIpc) is 3.11. The second-order valence-corrected chi connectivity index (χ2v) is 5.70. The summed E-state index contributed by atoms with van der Waals surface area (Å²) in [5.41, 5.74) is 10.6. The number of hydrogen-bond donors (Lipinski definition) is 2. The Morgan fingerprint density at radius 3 is 2.04 bits per heavy atom. The van der Waals surface area contributed by atoms with E-state index in [2.05, 4.69) is 0 Å². The summed E-state index contributed by atoms with van der Waals surface area (Å²) in [7, 11) is 0. The topological polar surface area (TPSA) is 127 Å². The molecule has 4 N–H and O–H groups in total. The highest BCUT2D eigenvalue weighted by Gasteiger charge is 2.29. The molecule has 1 atom stereocenters. The molecule has 0 saturated carbocycles. The molecule has 2 saturated heterocycles. The van der Waals surface area contributed by atoms with Gasteiger partial charge in [0.15, 0.2) is 0 Å². The largest absolute Gasteiger partial charge is 0.368 e. The molecule has 0 bridgehead atoms. The molecular formula is C16H26N4O4. The molecule has 2 aliphatic rings. The molecule has 8 heteroatoms. The zero-order valence-electron chi connectivity index (χ0n) is 14.3. The van der Waals surface area contributed by atoms with Gasteiger partial charge in [0.25, 0.3) is 5.91 Å². The second kappa shape index (κ2) is 9.05. The van der Waals surface area contributed by atoms with Crippen molar-refractivity contribution in [3.05, 3.63) is 11.8 Å². The number of primary amides is 2. The number of carbonyl (C=O) groups excluding carboxylic acids is 4. The van der Waals surface area contributed by atoms with E-state index < -0.39 is 11.8 Å². The van der Waals surface area contributed by atoms with E-state index in [4.69, 9.17) is 11.5 Å². The van der Waals surface area contributed by atoms with Gasteiger partial charge in [0.2, 0.25) is 17.7 Å². The van der Waals surface area contributed by atoms with Crippen molar-refractivity contribution in [1.29, 1.82) is 0 Å². The monoisotopic (exact) mass is 338 g/mol. The molecule has 24 heavy (non-hydrogen) atoms. The van der Waals surface area contributed by atoms with Gasteiger partial charge in [-0.05, 0) is 26.2 Å². The molecule has 0 aliphatic carbocycles. The number of allylic oxidation sites excluding steroid dienone is 1. The molecule has 4 amide bonds. The number of rotatable bonds is 5. The number of hydrogen-bond acceptors (Lipinski definition) is 4. The van der Waals surface area contributed by atoms with Crippen LogP contribution in [0.1, 0.15) is 46.0 Å². The summed E-state index contributed by atoms with van der Waals surface area (Å²) < 4.78 is 0. The third-order valence-corrected chi connectivity index (χ3v) is 4.09. The zero-order valence-corrected chi connectivity index (χ0v) is 14.3. The lowest BCUT2D eigenvalue weighted by Gasteiger charge is -2.23. The normalized spacial score (nSPS) is 19.2. The first-order valence-corrected chi connectivity index (χ1v) is 8.18. The van der Waals surface area contributed by atoms with Gasteiger partial charge < -0.3 is 21.3 Å². The summed E-state index contributed by atoms with van der Waals surface area (Å²) >= 11 is 0. The van der Waals surface area contributed by atoms with Gasteiger partial charge in [0, 0.05) is 25.9 Å². The van der Waals surface area contributed by atoms with Gasteiger partial charge >= 0.3 is 0 Å². The number of likely N-dealkylation sites (tertiary alicyclic amines) is 2. The number of carbonyl (C=O) groups is 4. The lowest BCUT2D eigenvalue weighted by atomic mass is 10.2. The summed E-state index contributed by atoms with van der Waals surface area (Å²) in [6, 6.07) is -0.389. The van der Waals surface area contributed by atoms with E-state index in [-0.39, 0.29) is 17.9 Å². The highest BCUT2D eigenvalue weighted by molar-refractivity contribution is 5.96. The van der Waals surface area contributed by atoms with Crippen LogP contribution in [0.4, 0.5) is 0 Å². The van der Waals surface area contributed by atoms with Gasteiger partial charge in [-0.25, -0.2) is 0 Å². The Labute approximate surface area is 141 Å². The van der Waals surface area contributed by atoms with Gasteiger partial charge in [0.1, 0.15) is 11.7 Å². The van der Waals surface area contributed by atoms with Crippen molar-refractivity contribution in [2.75, 3.05) is 13.1 Å². The molecular weight excluding hydrogens is 312 g/mol. The van der Waals surface area contributed by atoms with Crippen molar-refractivity contribution in [3.8, 4) is 0 Å². The van der Waals surface area contributed by atoms with E-state index >= 15 is 0 Å². The lowest BCUT2D eigenvalue weighted by Crippen LogP contribution is -2.44. The summed E-state index contributed by atoms with van der Waals surface area (Å²) in [5, 5.41) is 0. The van der Waals surface area contributed by atoms with Crippen LogP contribution in [-0.2, 0) is 19.2 Å². The Morgan fingerprint density at radius 2 is 1.71 bits per heavy atom. The van der Waals surface area contributed by atoms with Crippen molar-refractivity contribution in [2.45, 2.75) is 52.0 Å². The third-order valence-electron chi connectivity index (χ3n) is 4.09. The van der Waals surface area contributed by atoms with Crippen molar-refractivity contribution in [1.82, 2.24) is 9.80 Å². The van der Waals surface area contributed by atoms with Crippen LogP contribution in [0.15, 0.2) is 11.8 Å². The molecule has 0 aromatic rings. The maximum Gasteiger partial charge on any atom is 0.265 e. The van der Waals surface area contributed by atoms with E-state index in [0.29, 0.717) is 38.0 Å². The fourth-order valence-corrected chi connectivity index (χ4v) is 2.91. The van der Waals surface area contributed by atoms with E-state index in [9.17, 15) is 19.2 Å². The summed E-state index contributed by atoms with van der Waals surface area (Å²) in [4.78, 5) is 47.1. The van der Waals surface area contributed by atoms with Crippen molar-refractivity contribution >= 4 is 23.6 Å². The molecule has 134 valence electrons. The van der Waals surface area contributed by atoms with Gasteiger partial charge in [-0.1, -0.05) is 13.0 Å². The van der Waals surface area contributed by atoms with Gasteiger partial charge in [0.05, 0.1) is 0 Å². The first-order chi connectivity index (χ1) is 11.3. The van der Waals surface area contributed by atoms with Gasteiger partial charge in [-0.3, -0.25) is 19.2 Å². The summed E-state index contributed by atoms with van der Waals surface area (Å²) in [5.74, 6) is -0.886. The number of amides is 4. The molecule has 8 nitrogen and oxygen atoms in total. The molecule has 0 aromatic heterocycles. The van der Waals surface area contributed by atoms with Crippen LogP contribution in [0, 0.1) is 0 Å². The Morgan fingerprint density at radius 1 is 1.12 bits per heavy atom. The van der Waals surface area contributed by atoms with Crippen LogP contribution in [0.5, 0.6) is 0 Å². The molecule has 2 fully saturated rings. The third kappa shape index (κ3) is 4.81.